The van der Waals surface area contributed by atoms with Gasteiger partial charge in [0.25, 0.3) is 5.91 Å². The van der Waals surface area contributed by atoms with Gasteiger partial charge in [0.2, 0.25) is 0 Å². The molecule has 4 nitrogen and oxygen atoms in total. The van der Waals surface area contributed by atoms with Gasteiger partial charge >= 0.3 is 0 Å². The van der Waals surface area contributed by atoms with E-state index in [1.165, 1.54) is 0 Å². The molecule has 3 rings (SSSR count). The summed E-state index contributed by atoms with van der Waals surface area (Å²) in [5.74, 6) is 0.0150. The third-order valence-electron chi connectivity index (χ3n) is 4.40. The number of carbonyl (C=O) groups excluding carboxylic acids is 1. The first-order valence-electron chi connectivity index (χ1n) is 8.78. The van der Waals surface area contributed by atoms with Crippen LogP contribution >= 0.6 is 33.9 Å². The lowest BCUT2D eigenvalue weighted by Gasteiger charge is -2.25. The Morgan fingerprint density at radius 2 is 1.73 bits per heavy atom. The number of amides is 1. The summed E-state index contributed by atoms with van der Waals surface area (Å²) in [6.07, 6.45) is 0. The molecule has 0 fully saturated rings. The van der Waals surface area contributed by atoms with E-state index in [-0.39, 0.29) is 5.91 Å². The molecule has 3 aromatic rings. The molecule has 1 aromatic heterocycles. The van der Waals surface area contributed by atoms with Gasteiger partial charge < -0.3 is 4.90 Å². The van der Waals surface area contributed by atoms with Crippen molar-refractivity contribution < 1.29 is 4.79 Å². The van der Waals surface area contributed by atoms with E-state index in [4.69, 9.17) is 4.98 Å². The van der Waals surface area contributed by atoms with Crippen LogP contribution in [-0.2, 0) is 0 Å². The molecule has 6 heteroatoms. The van der Waals surface area contributed by atoms with Crippen molar-refractivity contribution in [2.24, 2.45) is 0 Å². The average Bonchev–Trinajstić information content (AvgIpc) is 3.09. The molecule has 0 saturated carbocycles. The van der Waals surface area contributed by atoms with Crippen molar-refractivity contribution in [1.82, 2.24) is 9.88 Å². The minimum absolute atomic E-state index is 0.0150. The summed E-state index contributed by atoms with van der Waals surface area (Å²) >= 11 is 3.80. The minimum Gasteiger partial charge on any atom is -0.302 e. The highest BCUT2D eigenvalue weighted by atomic mass is 127. The molecule has 136 valence electrons. The van der Waals surface area contributed by atoms with Gasteiger partial charge in [0.1, 0.15) is 0 Å². The third kappa shape index (κ3) is 4.24. The summed E-state index contributed by atoms with van der Waals surface area (Å²) in [7, 11) is 0. The zero-order chi connectivity index (χ0) is 18.5. The van der Waals surface area contributed by atoms with Crippen LogP contribution in [-0.4, -0.2) is 42.0 Å². The molecule has 0 aliphatic heterocycles. The van der Waals surface area contributed by atoms with Crippen molar-refractivity contribution in [3.05, 3.63) is 57.7 Å². The molecule has 0 radical (unpaired) electrons. The summed E-state index contributed by atoms with van der Waals surface area (Å²) < 4.78 is 2.06. The van der Waals surface area contributed by atoms with Gasteiger partial charge in [0.15, 0.2) is 5.13 Å². The van der Waals surface area contributed by atoms with E-state index in [2.05, 4.69) is 47.4 Å². The van der Waals surface area contributed by atoms with E-state index < -0.39 is 0 Å². The molecule has 0 bridgehead atoms. The molecule has 0 aliphatic rings. The molecule has 2 aromatic carbocycles. The highest BCUT2D eigenvalue weighted by Crippen LogP contribution is 2.30. The number of hydrogen-bond acceptors (Lipinski definition) is 4. The molecule has 0 spiro atoms. The fraction of sp³-hybridized carbons (Fsp3) is 0.300. The number of anilines is 1. The Hall–Kier alpha value is -1.51. The van der Waals surface area contributed by atoms with E-state index in [1.54, 1.807) is 11.3 Å². The standard InChI is InChI=1S/C20H22IN3OS/c1-3-23(4-2)13-14-24(19(25)15-9-5-6-10-16(15)21)20-22-17-11-7-8-12-18(17)26-20/h5-12H,3-4,13-14H2,1-2H3. The van der Waals surface area contributed by atoms with E-state index in [1.807, 2.05) is 47.4 Å². The minimum atomic E-state index is 0.0150. The van der Waals surface area contributed by atoms with Crippen LogP contribution in [0.2, 0.25) is 0 Å². The predicted molar refractivity (Wildman–Crippen MR) is 118 cm³/mol. The number of rotatable bonds is 7. The van der Waals surface area contributed by atoms with Gasteiger partial charge in [-0.25, -0.2) is 4.98 Å². The van der Waals surface area contributed by atoms with Crippen LogP contribution < -0.4 is 4.90 Å². The monoisotopic (exact) mass is 479 g/mol. The Labute approximate surface area is 172 Å². The number of para-hydroxylation sites is 1. The Morgan fingerprint density at radius 1 is 1.04 bits per heavy atom. The van der Waals surface area contributed by atoms with Crippen molar-refractivity contribution in [2.45, 2.75) is 13.8 Å². The van der Waals surface area contributed by atoms with Crippen LogP contribution in [0.1, 0.15) is 24.2 Å². The Morgan fingerprint density at radius 3 is 2.42 bits per heavy atom. The van der Waals surface area contributed by atoms with E-state index >= 15 is 0 Å². The molecular formula is C20H22IN3OS. The Bertz CT molecular complexity index is 858. The van der Waals surface area contributed by atoms with Gasteiger partial charge in [-0.2, -0.15) is 0 Å². The maximum Gasteiger partial charge on any atom is 0.261 e. The number of carbonyl (C=O) groups is 1. The average molecular weight is 479 g/mol. The number of halogens is 1. The predicted octanol–water partition coefficient (Wildman–Crippen LogP) is 4.89. The SMILES string of the molecule is CCN(CC)CCN(C(=O)c1ccccc1I)c1nc2ccccc2s1. The Balaban J connectivity index is 1.95. The lowest BCUT2D eigenvalue weighted by Crippen LogP contribution is -2.39. The maximum atomic E-state index is 13.3. The summed E-state index contributed by atoms with van der Waals surface area (Å²) in [4.78, 5) is 22.2. The highest BCUT2D eigenvalue weighted by molar-refractivity contribution is 14.1. The van der Waals surface area contributed by atoms with E-state index in [0.717, 1.165) is 44.1 Å². The van der Waals surface area contributed by atoms with Gasteiger partial charge in [0, 0.05) is 16.7 Å². The molecule has 0 atom stereocenters. The first-order valence-corrected chi connectivity index (χ1v) is 10.7. The van der Waals surface area contributed by atoms with Crippen LogP contribution in [0, 0.1) is 3.57 Å². The van der Waals surface area contributed by atoms with Crippen molar-refractivity contribution in [3.63, 3.8) is 0 Å². The molecule has 0 saturated heterocycles. The van der Waals surface area contributed by atoms with Crippen molar-refractivity contribution in [3.8, 4) is 0 Å². The van der Waals surface area contributed by atoms with Gasteiger partial charge in [-0.05, 0) is 59.9 Å². The summed E-state index contributed by atoms with van der Waals surface area (Å²) in [6.45, 7) is 7.70. The molecule has 0 N–H and O–H groups in total. The van der Waals surface area contributed by atoms with E-state index in [9.17, 15) is 4.79 Å². The molecule has 1 amide bonds. The quantitative estimate of drug-likeness (QED) is 0.453. The lowest BCUT2D eigenvalue weighted by molar-refractivity contribution is 0.0983. The topological polar surface area (TPSA) is 36.4 Å². The number of fused-ring (bicyclic) bond motifs is 1. The molecular weight excluding hydrogens is 457 g/mol. The number of nitrogens with zero attached hydrogens (tertiary/aromatic N) is 3. The molecule has 0 aliphatic carbocycles. The fourth-order valence-electron chi connectivity index (χ4n) is 2.82. The third-order valence-corrected chi connectivity index (χ3v) is 6.40. The Kier molecular flexibility index (Phi) is 6.61. The first-order chi connectivity index (χ1) is 12.6. The normalized spacial score (nSPS) is 11.2. The van der Waals surface area contributed by atoms with Crippen molar-refractivity contribution in [2.75, 3.05) is 31.1 Å². The van der Waals surface area contributed by atoms with Gasteiger partial charge in [-0.1, -0.05) is 49.4 Å². The smallest absolute Gasteiger partial charge is 0.261 e. The summed E-state index contributed by atoms with van der Waals surface area (Å²) in [6, 6.07) is 15.8. The van der Waals surface area contributed by atoms with Crippen molar-refractivity contribution in [1.29, 1.82) is 0 Å². The second kappa shape index (κ2) is 8.92. The lowest BCUT2D eigenvalue weighted by atomic mass is 10.2. The van der Waals surface area contributed by atoms with Gasteiger partial charge in [0.05, 0.1) is 15.8 Å². The highest BCUT2D eigenvalue weighted by Gasteiger charge is 2.23. The molecule has 0 unspecified atom stereocenters. The number of benzene rings is 2. The number of thiazole rings is 1. The summed E-state index contributed by atoms with van der Waals surface area (Å²) in [5.41, 5.74) is 1.67. The zero-order valence-corrected chi connectivity index (χ0v) is 18.0. The second-order valence-corrected chi connectivity index (χ2v) is 8.10. The van der Waals surface area contributed by atoms with Crippen molar-refractivity contribution >= 4 is 55.2 Å². The van der Waals surface area contributed by atoms with Gasteiger partial charge in [-0.15, -0.1) is 0 Å². The van der Waals surface area contributed by atoms with Crippen LogP contribution in [0.25, 0.3) is 10.2 Å². The fourth-order valence-corrected chi connectivity index (χ4v) is 4.43. The maximum absolute atomic E-state index is 13.3. The number of aromatic nitrogens is 1. The molecule has 26 heavy (non-hydrogen) atoms. The largest absolute Gasteiger partial charge is 0.302 e. The van der Waals surface area contributed by atoms with Crippen LogP contribution in [0.4, 0.5) is 5.13 Å². The number of likely N-dealkylation sites (N-methyl/N-ethyl adjacent to an activating group) is 1. The zero-order valence-electron chi connectivity index (χ0n) is 15.0. The summed E-state index contributed by atoms with van der Waals surface area (Å²) in [5, 5.41) is 0.767. The molecule has 1 heterocycles. The van der Waals surface area contributed by atoms with Gasteiger partial charge in [-0.3, -0.25) is 9.69 Å². The van der Waals surface area contributed by atoms with Crippen LogP contribution in [0.3, 0.4) is 0 Å². The first kappa shape index (κ1) is 19.3. The van der Waals surface area contributed by atoms with Crippen LogP contribution in [0.5, 0.6) is 0 Å². The second-order valence-electron chi connectivity index (χ2n) is 5.93. The van der Waals surface area contributed by atoms with E-state index in [0.29, 0.717) is 6.54 Å². The number of hydrogen-bond donors (Lipinski definition) is 0. The van der Waals surface area contributed by atoms with Crippen LogP contribution in [0.15, 0.2) is 48.5 Å².